The Hall–Kier alpha value is -1.26. The predicted octanol–water partition coefficient (Wildman–Crippen LogP) is 2.68. The third-order valence-corrected chi connectivity index (χ3v) is 5.32. The van der Waals surface area contributed by atoms with Crippen LogP contribution >= 0.6 is 0 Å². The summed E-state index contributed by atoms with van der Waals surface area (Å²) in [5.41, 5.74) is 1.19. The van der Waals surface area contributed by atoms with Gasteiger partial charge in [-0.15, -0.1) is 0 Å². The Morgan fingerprint density at radius 3 is 2.57 bits per heavy atom. The molecule has 2 aliphatic heterocycles. The van der Waals surface area contributed by atoms with E-state index in [4.69, 9.17) is 4.74 Å². The number of nitrogens with zero attached hydrogens (tertiary/aromatic N) is 1. The molecule has 2 fully saturated rings. The summed E-state index contributed by atoms with van der Waals surface area (Å²) in [6.07, 6.45) is 5.14. The Balaban J connectivity index is 1.73. The van der Waals surface area contributed by atoms with Crippen LogP contribution in [0.4, 0.5) is 0 Å². The van der Waals surface area contributed by atoms with Crippen LogP contribution in [0.2, 0.25) is 0 Å². The van der Waals surface area contributed by atoms with Crippen LogP contribution in [0.5, 0.6) is 11.5 Å². The number of ether oxygens (including phenoxy) is 1. The number of rotatable bonds is 4. The van der Waals surface area contributed by atoms with Crippen LogP contribution in [0.1, 0.15) is 44.2 Å². The number of methoxy groups -OCH3 is 1. The first kappa shape index (κ1) is 14.7. The summed E-state index contributed by atoms with van der Waals surface area (Å²) in [5.74, 6) is 0.758. The van der Waals surface area contributed by atoms with Crippen molar-refractivity contribution in [1.29, 1.82) is 0 Å². The van der Waals surface area contributed by atoms with Gasteiger partial charge < -0.3 is 15.2 Å². The molecule has 0 spiro atoms. The van der Waals surface area contributed by atoms with Gasteiger partial charge in [-0.1, -0.05) is 6.07 Å². The number of phenols is 1. The molecule has 0 aromatic heterocycles. The van der Waals surface area contributed by atoms with Crippen LogP contribution in [-0.4, -0.2) is 42.3 Å². The number of piperidine rings is 1. The second-order valence-electron chi connectivity index (χ2n) is 6.54. The summed E-state index contributed by atoms with van der Waals surface area (Å²) < 4.78 is 5.23. The van der Waals surface area contributed by atoms with E-state index in [1.165, 1.54) is 31.2 Å². The summed E-state index contributed by atoms with van der Waals surface area (Å²) in [6, 6.07) is 8.04. The van der Waals surface area contributed by atoms with E-state index in [9.17, 15) is 5.11 Å². The lowest BCUT2D eigenvalue weighted by Gasteiger charge is -2.39. The Morgan fingerprint density at radius 1 is 1.29 bits per heavy atom. The van der Waals surface area contributed by atoms with E-state index in [1.54, 1.807) is 13.2 Å². The van der Waals surface area contributed by atoms with Gasteiger partial charge >= 0.3 is 0 Å². The van der Waals surface area contributed by atoms with Gasteiger partial charge in [0.2, 0.25) is 0 Å². The summed E-state index contributed by atoms with van der Waals surface area (Å²) in [6.45, 7) is 2.23. The zero-order valence-corrected chi connectivity index (χ0v) is 13.2. The average Bonchev–Trinajstić information content (AvgIpc) is 2.84. The molecule has 2 heterocycles. The molecule has 3 rings (SSSR count). The number of benzene rings is 1. The van der Waals surface area contributed by atoms with Gasteiger partial charge in [-0.3, -0.25) is 4.90 Å². The molecule has 0 aliphatic carbocycles. The van der Waals surface area contributed by atoms with Gasteiger partial charge in [-0.25, -0.2) is 0 Å². The minimum Gasteiger partial charge on any atom is -0.504 e. The fraction of sp³-hybridized carbons (Fsp3) is 0.647. The van der Waals surface area contributed by atoms with Crippen LogP contribution in [0, 0.1) is 0 Å². The number of nitrogens with one attached hydrogen (secondary N) is 1. The molecule has 116 valence electrons. The zero-order chi connectivity index (χ0) is 15.0. The minimum absolute atomic E-state index is 0.205. The van der Waals surface area contributed by atoms with Crippen LogP contribution in [-0.2, 0) is 0 Å². The van der Waals surface area contributed by atoms with Crippen molar-refractivity contribution in [3.8, 4) is 11.5 Å². The van der Waals surface area contributed by atoms with Gasteiger partial charge in [-0.05, 0) is 57.4 Å². The summed E-state index contributed by atoms with van der Waals surface area (Å²) >= 11 is 0. The number of fused-ring (bicyclic) bond motifs is 2. The molecule has 2 saturated heterocycles. The summed E-state index contributed by atoms with van der Waals surface area (Å²) in [7, 11) is 3.82. The molecule has 1 aromatic rings. The summed E-state index contributed by atoms with van der Waals surface area (Å²) in [4.78, 5) is 2.48. The molecular weight excluding hydrogens is 264 g/mol. The highest BCUT2D eigenvalue weighted by Crippen LogP contribution is 2.35. The van der Waals surface area contributed by atoms with Crippen molar-refractivity contribution in [2.75, 3.05) is 14.2 Å². The van der Waals surface area contributed by atoms with Crippen molar-refractivity contribution in [2.24, 2.45) is 0 Å². The largest absolute Gasteiger partial charge is 0.504 e. The number of hydrogen-bond acceptors (Lipinski definition) is 4. The van der Waals surface area contributed by atoms with E-state index in [-0.39, 0.29) is 5.75 Å². The molecule has 4 heteroatoms. The third-order valence-electron chi connectivity index (χ3n) is 5.32. The summed E-state index contributed by atoms with van der Waals surface area (Å²) in [5, 5.41) is 13.4. The van der Waals surface area contributed by atoms with Gasteiger partial charge in [0.1, 0.15) is 0 Å². The molecule has 2 N–H and O–H groups in total. The molecule has 2 bridgehead atoms. The van der Waals surface area contributed by atoms with Crippen LogP contribution in [0.15, 0.2) is 18.2 Å². The quantitative estimate of drug-likeness (QED) is 0.895. The van der Waals surface area contributed by atoms with Crippen LogP contribution < -0.4 is 10.1 Å². The monoisotopic (exact) mass is 290 g/mol. The highest BCUT2D eigenvalue weighted by atomic mass is 16.5. The molecule has 0 amide bonds. The minimum atomic E-state index is 0.205. The van der Waals surface area contributed by atoms with Crippen molar-refractivity contribution >= 4 is 0 Å². The number of phenolic OH excluding ortho intramolecular Hbond substituents is 1. The molecule has 3 atom stereocenters. The molecule has 0 saturated carbocycles. The van der Waals surface area contributed by atoms with Crippen LogP contribution in [0.3, 0.4) is 0 Å². The average molecular weight is 290 g/mol. The van der Waals surface area contributed by atoms with E-state index in [1.807, 2.05) is 12.1 Å². The van der Waals surface area contributed by atoms with Crippen molar-refractivity contribution in [2.45, 2.75) is 56.8 Å². The van der Waals surface area contributed by atoms with Gasteiger partial charge in [0.25, 0.3) is 0 Å². The van der Waals surface area contributed by atoms with Gasteiger partial charge in [0.05, 0.1) is 7.11 Å². The maximum Gasteiger partial charge on any atom is 0.160 e. The zero-order valence-electron chi connectivity index (χ0n) is 13.2. The third kappa shape index (κ3) is 2.87. The number of hydrogen-bond donors (Lipinski definition) is 2. The standard InChI is InChI=1S/C17H26N2O2/c1-11(12-4-7-16(20)17(8-12)21-3)19(2)15-9-13-5-6-14(10-15)18-13/h4,7-8,11,13-15,18,20H,5-6,9-10H2,1-3H3. The second-order valence-corrected chi connectivity index (χ2v) is 6.54. The highest BCUT2D eigenvalue weighted by molar-refractivity contribution is 5.42. The first-order chi connectivity index (χ1) is 10.1. The lowest BCUT2D eigenvalue weighted by Crippen LogP contribution is -2.47. The molecule has 1 aromatic carbocycles. The van der Waals surface area contributed by atoms with Crippen molar-refractivity contribution in [1.82, 2.24) is 10.2 Å². The van der Waals surface area contributed by atoms with Crippen molar-refractivity contribution in [3.05, 3.63) is 23.8 Å². The SMILES string of the molecule is COc1cc(C(C)N(C)C2CC3CCC(C2)N3)ccc1O. The molecule has 2 aliphatic rings. The highest BCUT2D eigenvalue weighted by Gasteiger charge is 2.36. The molecule has 21 heavy (non-hydrogen) atoms. The molecule has 3 unspecified atom stereocenters. The van der Waals surface area contributed by atoms with Gasteiger partial charge in [-0.2, -0.15) is 0 Å². The van der Waals surface area contributed by atoms with E-state index in [0.29, 0.717) is 29.9 Å². The van der Waals surface area contributed by atoms with Gasteiger partial charge in [0, 0.05) is 24.2 Å². The molecule has 4 nitrogen and oxygen atoms in total. The number of aromatic hydroxyl groups is 1. The fourth-order valence-corrected chi connectivity index (χ4v) is 3.87. The second kappa shape index (κ2) is 5.85. The molecule has 0 radical (unpaired) electrons. The Kier molecular flexibility index (Phi) is 4.09. The van der Waals surface area contributed by atoms with E-state index >= 15 is 0 Å². The Labute approximate surface area is 127 Å². The van der Waals surface area contributed by atoms with E-state index in [0.717, 1.165) is 0 Å². The van der Waals surface area contributed by atoms with E-state index in [2.05, 4.69) is 24.2 Å². The lowest BCUT2D eigenvalue weighted by molar-refractivity contribution is 0.132. The molecular formula is C17H26N2O2. The fourth-order valence-electron chi connectivity index (χ4n) is 3.87. The lowest BCUT2D eigenvalue weighted by atomic mass is 9.95. The van der Waals surface area contributed by atoms with Crippen LogP contribution in [0.25, 0.3) is 0 Å². The Bertz CT molecular complexity index is 494. The van der Waals surface area contributed by atoms with Gasteiger partial charge in [0.15, 0.2) is 11.5 Å². The topological polar surface area (TPSA) is 44.7 Å². The van der Waals surface area contributed by atoms with Crippen molar-refractivity contribution < 1.29 is 9.84 Å². The first-order valence-corrected chi connectivity index (χ1v) is 7.93. The normalized spacial score (nSPS) is 29.6. The maximum absolute atomic E-state index is 9.73. The predicted molar refractivity (Wildman–Crippen MR) is 83.8 cm³/mol. The van der Waals surface area contributed by atoms with E-state index < -0.39 is 0 Å². The first-order valence-electron chi connectivity index (χ1n) is 7.93. The Morgan fingerprint density at radius 2 is 1.95 bits per heavy atom. The smallest absolute Gasteiger partial charge is 0.160 e. The van der Waals surface area contributed by atoms with Crippen molar-refractivity contribution in [3.63, 3.8) is 0 Å². The maximum atomic E-state index is 9.73.